The van der Waals surface area contributed by atoms with Gasteiger partial charge in [0.1, 0.15) is 24.9 Å². The third-order valence-electron chi connectivity index (χ3n) is 5.85. The highest BCUT2D eigenvalue weighted by Crippen LogP contribution is 2.41. The largest absolute Gasteiger partial charge is 0.497 e. The van der Waals surface area contributed by atoms with Gasteiger partial charge in [-0.05, 0) is 30.5 Å². The molecule has 2 fully saturated rings. The second-order valence-corrected chi connectivity index (χ2v) is 7.75. The summed E-state index contributed by atoms with van der Waals surface area (Å²) >= 11 is 0. The van der Waals surface area contributed by atoms with E-state index in [1.807, 2.05) is 34.1 Å². The molecule has 2 aromatic rings. The van der Waals surface area contributed by atoms with Crippen LogP contribution in [0.5, 0.6) is 5.75 Å². The van der Waals surface area contributed by atoms with E-state index in [4.69, 9.17) is 4.74 Å². The van der Waals surface area contributed by atoms with Gasteiger partial charge in [0.2, 0.25) is 11.8 Å². The number of carbonyl (C=O) groups is 2. The van der Waals surface area contributed by atoms with Crippen LogP contribution in [0, 0.1) is 5.41 Å². The summed E-state index contributed by atoms with van der Waals surface area (Å²) in [6.45, 7) is 2.95. The predicted molar refractivity (Wildman–Crippen MR) is 101 cm³/mol. The van der Waals surface area contributed by atoms with Crippen molar-refractivity contribution in [2.45, 2.75) is 32.4 Å². The summed E-state index contributed by atoms with van der Waals surface area (Å²) in [6, 6.07) is 7.85. The lowest BCUT2D eigenvalue weighted by molar-refractivity contribution is -0.134. The Labute approximate surface area is 164 Å². The molecule has 2 amide bonds. The molecule has 4 rings (SSSR count). The predicted octanol–water partition coefficient (Wildman–Crippen LogP) is 1.33. The molecule has 0 radical (unpaired) electrons. The third kappa shape index (κ3) is 3.85. The third-order valence-corrected chi connectivity index (χ3v) is 5.85. The maximum Gasteiger partial charge on any atom is 0.244 e. The fraction of sp³-hybridized carbons (Fsp3) is 0.500. The van der Waals surface area contributed by atoms with Gasteiger partial charge in [-0.25, -0.2) is 9.67 Å². The van der Waals surface area contributed by atoms with Crippen molar-refractivity contribution in [2.24, 2.45) is 5.41 Å². The Morgan fingerprint density at radius 3 is 2.82 bits per heavy atom. The summed E-state index contributed by atoms with van der Waals surface area (Å²) in [5, 5.41) is 3.99. The Bertz CT molecular complexity index is 843. The smallest absolute Gasteiger partial charge is 0.244 e. The quantitative estimate of drug-likeness (QED) is 0.778. The van der Waals surface area contributed by atoms with Crippen LogP contribution in [0.25, 0.3) is 0 Å². The number of carbonyl (C=O) groups excluding carboxylic acids is 2. The molecule has 0 unspecified atom stereocenters. The van der Waals surface area contributed by atoms with Gasteiger partial charge in [0.15, 0.2) is 0 Å². The number of aromatic nitrogens is 3. The zero-order chi connectivity index (χ0) is 19.6. The van der Waals surface area contributed by atoms with Gasteiger partial charge in [-0.1, -0.05) is 12.1 Å². The monoisotopic (exact) mass is 383 g/mol. The average Bonchev–Trinajstić information content (AvgIpc) is 3.31. The van der Waals surface area contributed by atoms with Crippen molar-refractivity contribution in [2.75, 3.05) is 26.7 Å². The Balaban J connectivity index is 1.34. The number of methoxy groups -OCH3 is 1. The normalized spacial score (nSPS) is 18.7. The highest BCUT2D eigenvalue weighted by Gasteiger charge is 2.45. The number of benzene rings is 1. The molecule has 148 valence electrons. The van der Waals surface area contributed by atoms with Crippen LogP contribution in [0.15, 0.2) is 36.9 Å². The van der Waals surface area contributed by atoms with Crippen LogP contribution in [0.1, 0.15) is 24.8 Å². The van der Waals surface area contributed by atoms with Crippen molar-refractivity contribution < 1.29 is 14.3 Å². The van der Waals surface area contributed by atoms with E-state index in [9.17, 15) is 9.59 Å². The van der Waals surface area contributed by atoms with Crippen molar-refractivity contribution in [1.82, 2.24) is 24.6 Å². The molecule has 8 nitrogen and oxygen atoms in total. The Morgan fingerprint density at radius 1 is 1.29 bits per heavy atom. The molecule has 0 saturated carbocycles. The molecule has 28 heavy (non-hydrogen) atoms. The minimum Gasteiger partial charge on any atom is -0.497 e. The van der Waals surface area contributed by atoms with E-state index in [1.54, 1.807) is 18.1 Å². The fourth-order valence-electron chi connectivity index (χ4n) is 4.24. The van der Waals surface area contributed by atoms with Crippen LogP contribution < -0.4 is 4.74 Å². The van der Waals surface area contributed by atoms with Crippen LogP contribution in [0.4, 0.5) is 0 Å². The molecule has 2 saturated heterocycles. The number of rotatable bonds is 5. The molecular formula is C20H25N5O3. The minimum absolute atomic E-state index is 0.0139. The maximum absolute atomic E-state index is 12.6. The van der Waals surface area contributed by atoms with Gasteiger partial charge in [0.25, 0.3) is 0 Å². The first kappa shape index (κ1) is 18.5. The van der Waals surface area contributed by atoms with Crippen LogP contribution in [0.2, 0.25) is 0 Å². The summed E-state index contributed by atoms with van der Waals surface area (Å²) < 4.78 is 6.82. The zero-order valence-electron chi connectivity index (χ0n) is 16.1. The van der Waals surface area contributed by atoms with Crippen molar-refractivity contribution in [3.63, 3.8) is 0 Å². The van der Waals surface area contributed by atoms with E-state index in [1.165, 1.54) is 6.33 Å². The molecule has 2 aliphatic rings. The molecule has 1 aromatic heterocycles. The number of likely N-dealkylation sites (tertiary alicyclic amines) is 2. The van der Waals surface area contributed by atoms with Crippen molar-refractivity contribution in [3.05, 3.63) is 42.5 Å². The Kier molecular flexibility index (Phi) is 5.02. The van der Waals surface area contributed by atoms with E-state index < -0.39 is 0 Å². The Morgan fingerprint density at radius 2 is 2.11 bits per heavy atom. The number of amides is 2. The fourth-order valence-corrected chi connectivity index (χ4v) is 4.24. The van der Waals surface area contributed by atoms with E-state index >= 15 is 0 Å². The summed E-state index contributed by atoms with van der Waals surface area (Å²) in [4.78, 5) is 32.8. The minimum atomic E-state index is -0.0139. The van der Waals surface area contributed by atoms with Crippen molar-refractivity contribution in [3.8, 4) is 5.75 Å². The number of hydrogen-bond donors (Lipinski definition) is 0. The van der Waals surface area contributed by atoms with E-state index in [0.717, 1.165) is 30.7 Å². The lowest BCUT2D eigenvalue weighted by Crippen LogP contribution is -2.45. The average molecular weight is 383 g/mol. The first-order valence-corrected chi connectivity index (χ1v) is 9.58. The van der Waals surface area contributed by atoms with E-state index in [0.29, 0.717) is 26.1 Å². The maximum atomic E-state index is 12.6. The first-order valence-electron chi connectivity index (χ1n) is 9.58. The second kappa shape index (κ2) is 7.61. The van der Waals surface area contributed by atoms with Crippen LogP contribution in [-0.2, 0) is 22.7 Å². The molecule has 2 aliphatic heterocycles. The van der Waals surface area contributed by atoms with Gasteiger partial charge in [0.05, 0.1) is 7.11 Å². The van der Waals surface area contributed by atoms with Gasteiger partial charge >= 0.3 is 0 Å². The summed E-state index contributed by atoms with van der Waals surface area (Å²) in [5.74, 6) is 1.06. The van der Waals surface area contributed by atoms with Crippen LogP contribution in [-0.4, -0.2) is 63.1 Å². The molecule has 0 N–H and O–H groups in total. The molecule has 0 aliphatic carbocycles. The summed E-state index contributed by atoms with van der Waals surface area (Å²) in [5.41, 5.74) is 1.06. The van der Waals surface area contributed by atoms with Crippen LogP contribution >= 0.6 is 0 Å². The van der Waals surface area contributed by atoms with Gasteiger partial charge in [0, 0.05) is 38.0 Å². The van der Waals surface area contributed by atoms with E-state index in [-0.39, 0.29) is 23.8 Å². The summed E-state index contributed by atoms with van der Waals surface area (Å²) in [7, 11) is 1.65. The number of nitrogens with zero attached hydrogens (tertiary/aromatic N) is 5. The molecule has 0 atom stereocenters. The SMILES string of the molecule is COc1cccc(CN2CC3(CCN(C(=O)Cn4cncn4)CC3)CC2=O)c1. The van der Waals surface area contributed by atoms with Crippen molar-refractivity contribution >= 4 is 11.8 Å². The standard InChI is InChI=1S/C20H25N5O3/c1-28-17-4-2-3-16(9-17)11-24-13-20(10-18(24)26)5-7-23(8-6-20)19(27)12-25-15-21-14-22-25/h2-4,9,14-15H,5-8,10-13H2,1H3. The molecule has 1 spiro atoms. The number of hydrogen-bond acceptors (Lipinski definition) is 5. The highest BCUT2D eigenvalue weighted by atomic mass is 16.5. The lowest BCUT2D eigenvalue weighted by Gasteiger charge is -2.38. The van der Waals surface area contributed by atoms with Gasteiger partial charge in [-0.15, -0.1) is 0 Å². The summed E-state index contributed by atoms with van der Waals surface area (Å²) in [6.07, 6.45) is 5.27. The number of piperidine rings is 1. The zero-order valence-corrected chi connectivity index (χ0v) is 16.1. The van der Waals surface area contributed by atoms with Crippen molar-refractivity contribution in [1.29, 1.82) is 0 Å². The molecular weight excluding hydrogens is 358 g/mol. The molecule has 1 aromatic carbocycles. The highest BCUT2D eigenvalue weighted by molar-refractivity contribution is 5.80. The molecule has 0 bridgehead atoms. The molecule has 8 heteroatoms. The van der Waals surface area contributed by atoms with Gasteiger partial charge in [-0.3, -0.25) is 9.59 Å². The Hall–Kier alpha value is -2.90. The lowest BCUT2D eigenvalue weighted by atomic mass is 9.77. The number of ether oxygens (including phenoxy) is 1. The topological polar surface area (TPSA) is 80.6 Å². The second-order valence-electron chi connectivity index (χ2n) is 7.75. The molecule has 3 heterocycles. The van der Waals surface area contributed by atoms with Crippen LogP contribution in [0.3, 0.4) is 0 Å². The van der Waals surface area contributed by atoms with Gasteiger partial charge in [-0.2, -0.15) is 5.10 Å². The van der Waals surface area contributed by atoms with E-state index in [2.05, 4.69) is 10.1 Å². The van der Waals surface area contributed by atoms with Gasteiger partial charge < -0.3 is 14.5 Å². The first-order chi connectivity index (χ1) is 13.6.